The first kappa shape index (κ1) is 13.1. The molecule has 1 aliphatic heterocycles. The standard InChI is InChI=1S/C9H20NO4P/c1-9(2,3)10-6-4-5-8(7-10)14-15(11,12)13/h8H,4-7H2,1-3H3,(H2,11,12,13)/t8-/m0/s1. The molecule has 0 aromatic heterocycles. The smallest absolute Gasteiger partial charge is 0.303 e. The molecule has 90 valence electrons. The lowest BCUT2D eigenvalue weighted by Crippen LogP contribution is -2.49. The molecule has 0 saturated carbocycles. The van der Waals surface area contributed by atoms with Crippen LogP contribution in [-0.2, 0) is 9.09 Å². The minimum Gasteiger partial charge on any atom is -0.303 e. The number of hydrogen-bond donors (Lipinski definition) is 2. The average Bonchev–Trinajstić information content (AvgIpc) is 1.99. The lowest BCUT2D eigenvalue weighted by molar-refractivity contribution is 0.0201. The monoisotopic (exact) mass is 237 g/mol. The van der Waals surface area contributed by atoms with E-state index in [2.05, 4.69) is 25.7 Å². The number of rotatable bonds is 2. The zero-order chi connectivity index (χ0) is 11.7. The summed E-state index contributed by atoms with van der Waals surface area (Å²) in [6, 6.07) is 0. The van der Waals surface area contributed by atoms with Gasteiger partial charge in [-0.3, -0.25) is 9.42 Å². The van der Waals surface area contributed by atoms with Gasteiger partial charge in [0, 0.05) is 12.1 Å². The maximum absolute atomic E-state index is 10.7. The molecule has 6 heteroatoms. The zero-order valence-electron chi connectivity index (χ0n) is 9.51. The summed E-state index contributed by atoms with van der Waals surface area (Å²) in [5, 5.41) is 0. The second-order valence-corrected chi connectivity index (χ2v) is 6.17. The molecule has 0 unspecified atom stereocenters. The van der Waals surface area contributed by atoms with E-state index in [0.29, 0.717) is 6.54 Å². The maximum atomic E-state index is 10.7. The largest absolute Gasteiger partial charge is 0.469 e. The zero-order valence-corrected chi connectivity index (χ0v) is 10.4. The van der Waals surface area contributed by atoms with Crippen molar-refractivity contribution in [1.82, 2.24) is 4.90 Å². The molecule has 1 atom stereocenters. The van der Waals surface area contributed by atoms with E-state index in [9.17, 15) is 4.57 Å². The first-order chi connectivity index (χ1) is 6.68. The number of phosphoric acid groups is 1. The summed E-state index contributed by atoms with van der Waals surface area (Å²) < 4.78 is 15.4. The lowest BCUT2D eigenvalue weighted by Gasteiger charge is -2.41. The molecule has 0 amide bonds. The Morgan fingerprint density at radius 2 is 2.00 bits per heavy atom. The minimum atomic E-state index is -4.34. The first-order valence-electron chi connectivity index (χ1n) is 5.17. The van der Waals surface area contributed by atoms with Crippen molar-refractivity contribution in [2.24, 2.45) is 0 Å². The van der Waals surface area contributed by atoms with Crippen molar-refractivity contribution >= 4 is 7.82 Å². The van der Waals surface area contributed by atoms with E-state index in [4.69, 9.17) is 14.3 Å². The van der Waals surface area contributed by atoms with Gasteiger partial charge in [0.15, 0.2) is 0 Å². The summed E-state index contributed by atoms with van der Waals surface area (Å²) in [5.74, 6) is 0. The maximum Gasteiger partial charge on any atom is 0.469 e. The van der Waals surface area contributed by atoms with Crippen molar-refractivity contribution in [3.63, 3.8) is 0 Å². The van der Waals surface area contributed by atoms with Crippen LogP contribution >= 0.6 is 7.82 Å². The van der Waals surface area contributed by atoms with Crippen LogP contribution in [0.2, 0.25) is 0 Å². The van der Waals surface area contributed by atoms with E-state index in [1.165, 1.54) is 0 Å². The van der Waals surface area contributed by atoms with Crippen molar-refractivity contribution in [2.75, 3.05) is 13.1 Å². The van der Waals surface area contributed by atoms with Crippen LogP contribution in [0.3, 0.4) is 0 Å². The van der Waals surface area contributed by atoms with Crippen molar-refractivity contribution in [1.29, 1.82) is 0 Å². The summed E-state index contributed by atoms with van der Waals surface area (Å²) in [6.07, 6.45) is 1.29. The van der Waals surface area contributed by atoms with Gasteiger partial charge < -0.3 is 9.79 Å². The molecule has 1 fully saturated rings. The predicted octanol–water partition coefficient (Wildman–Crippen LogP) is 1.36. The Bertz CT molecular complexity index is 257. The molecule has 2 N–H and O–H groups in total. The van der Waals surface area contributed by atoms with Crippen molar-refractivity contribution in [2.45, 2.75) is 45.3 Å². The summed E-state index contributed by atoms with van der Waals surface area (Å²) in [4.78, 5) is 19.6. The molecule has 0 bridgehead atoms. The minimum absolute atomic E-state index is 0.0247. The molecule has 5 nitrogen and oxygen atoms in total. The highest BCUT2D eigenvalue weighted by Gasteiger charge is 2.31. The van der Waals surface area contributed by atoms with E-state index >= 15 is 0 Å². The first-order valence-corrected chi connectivity index (χ1v) is 6.70. The topological polar surface area (TPSA) is 70.0 Å². The number of nitrogens with zero attached hydrogens (tertiary/aromatic N) is 1. The third kappa shape index (κ3) is 4.62. The number of hydrogen-bond acceptors (Lipinski definition) is 3. The fraction of sp³-hybridized carbons (Fsp3) is 1.00. The quantitative estimate of drug-likeness (QED) is 0.709. The van der Waals surface area contributed by atoms with Crippen LogP contribution < -0.4 is 0 Å². The van der Waals surface area contributed by atoms with Crippen molar-refractivity contribution in [3.05, 3.63) is 0 Å². The van der Waals surface area contributed by atoms with Crippen LogP contribution in [0.5, 0.6) is 0 Å². The average molecular weight is 237 g/mol. The van der Waals surface area contributed by atoms with Gasteiger partial charge in [-0.25, -0.2) is 4.57 Å². The SMILES string of the molecule is CC(C)(C)N1CCC[C@H](OP(=O)(O)O)C1. The van der Waals surface area contributed by atoms with Gasteiger partial charge >= 0.3 is 7.82 Å². The van der Waals surface area contributed by atoms with Crippen LogP contribution in [-0.4, -0.2) is 39.4 Å². The van der Waals surface area contributed by atoms with E-state index in [0.717, 1.165) is 19.4 Å². The second-order valence-electron chi connectivity index (χ2n) is 4.98. The molecule has 1 aliphatic rings. The Hall–Kier alpha value is 0.0700. The Morgan fingerprint density at radius 1 is 1.40 bits per heavy atom. The van der Waals surface area contributed by atoms with Crippen molar-refractivity contribution in [3.8, 4) is 0 Å². The fourth-order valence-corrected chi connectivity index (χ4v) is 2.39. The third-order valence-corrected chi connectivity index (χ3v) is 3.19. The molecule has 1 saturated heterocycles. The Labute approximate surface area is 90.7 Å². The molecule has 0 aliphatic carbocycles. The van der Waals surface area contributed by atoms with Crippen molar-refractivity contribution < 1.29 is 18.9 Å². The van der Waals surface area contributed by atoms with E-state index in [1.54, 1.807) is 0 Å². The highest BCUT2D eigenvalue weighted by molar-refractivity contribution is 7.46. The predicted molar refractivity (Wildman–Crippen MR) is 57.5 cm³/mol. The van der Waals surface area contributed by atoms with Crippen LogP contribution in [0.1, 0.15) is 33.6 Å². The molecule has 1 heterocycles. The molecule has 0 aromatic carbocycles. The number of piperidine rings is 1. The number of phosphoric ester groups is 1. The normalized spacial score (nSPS) is 25.5. The van der Waals surface area contributed by atoms with Gasteiger partial charge in [-0.1, -0.05) is 0 Å². The summed E-state index contributed by atoms with van der Waals surface area (Å²) in [7, 11) is -4.34. The van der Waals surface area contributed by atoms with Gasteiger partial charge in [-0.2, -0.15) is 0 Å². The van der Waals surface area contributed by atoms with Crippen LogP contribution in [0, 0.1) is 0 Å². The summed E-state index contributed by atoms with van der Waals surface area (Å²) in [5.41, 5.74) is 0.0247. The summed E-state index contributed by atoms with van der Waals surface area (Å²) >= 11 is 0. The molecular formula is C9H20NO4P. The van der Waals surface area contributed by atoms with Crippen LogP contribution in [0.25, 0.3) is 0 Å². The molecule has 0 spiro atoms. The Kier molecular flexibility index (Phi) is 3.95. The van der Waals surface area contributed by atoms with E-state index in [1.807, 2.05) is 0 Å². The molecule has 0 aromatic rings. The van der Waals surface area contributed by atoms with Crippen LogP contribution in [0.15, 0.2) is 0 Å². The molecule has 1 rings (SSSR count). The fourth-order valence-electron chi connectivity index (χ4n) is 1.83. The van der Waals surface area contributed by atoms with Gasteiger partial charge in [0.1, 0.15) is 0 Å². The van der Waals surface area contributed by atoms with Gasteiger partial charge in [-0.15, -0.1) is 0 Å². The number of likely N-dealkylation sites (tertiary alicyclic amines) is 1. The Morgan fingerprint density at radius 3 is 2.47 bits per heavy atom. The second kappa shape index (κ2) is 4.52. The van der Waals surface area contributed by atoms with Crippen LogP contribution in [0.4, 0.5) is 0 Å². The Balaban J connectivity index is 2.53. The molecule has 15 heavy (non-hydrogen) atoms. The highest BCUT2D eigenvalue weighted by Crippen LogP contribution is 2.39. The molecular weight excluding hydrogens is 217 g/mol. The lowest BCUT2D eigenvalue weighted by atomic mass is 10.00. The van der Waals surface area contributed by atoms with Gasteiger partial charge in [0.2, 0.25) is 0 Å². The van der Waals surface area contributed by atoms with E-state index < -0.39 is 7.82 Å². The van der Waals surface area contributed by atoms with E-state index in [-0.39, 0.29) is 11.6 Å². The van der Waals surface area contributed by atoms with Gasteiger partial charge in [0.25, 0.3) is 0 Å². The molecule has 0 radical (unpaired) electrons. The summed E-state index contributed by atoms with van der Waals surface area (Å²) in [6.45, 7) is 7.83. The van der Waals surface area contributed by atoms with Gasteiger partial charge in [0.05, 0.1) is 6.10 Å². The third-order valence-electron chi connectivity index (χ3n) is 2.61. The van der Waals surface area contributed by atoms with Gasteiger partial charge in [-0.05, 0) is 40.2 Å². The highest BCUT2D eigenvalue weighted by atomic mass is 31.2.